The van der Waals surface area contributed by atoms with Gasteiger partial charge in [0.25, 0.3) is 5.91 Å². The highest BCUT2D eigenvalue weighted by molar-refractivity contribution is 7.84. The van der Waals surface area contributed by atoms with Gasteiger partial charge >= 0.3 is 6.18 Å². The Balaban J connectivity index is 1.66. The quantitative estimate of drug-likeness (QED) is 0.676. The van der Waals surface area contributed by atoms with Crippen LogP contribution < -0.4 is 9.47 Å². The normalized spacial score (nSPS) is 15.6. The zero-order valence-corrected chi connectivity index (χ0v) is 17.5. The molecule has 0 spiro atoms. The molecular weight excluding hydrogens is 419 g/mol. The van der Waals surface area contributed by atoms with Crippen LogP contribution in [0, 0.1) is 0 Å². The first-order valence-corrected chi connectivity index (χ1v) is 10.9. The molecule has 1 aliphatic heterocycles. The minimum atomic E-state index is -4.40. The van der Waals surface area contributed by atoms with E-state index in [0.29, 0.717) is 35.0 Å². The summed E-state index contributed by atoms with van der Waals surface area (Å²) in [6.45, 7) is 4.27. The molecule has 162 valence electrons. The number of halogens is 3. The van der Waals surface area contributed by atoms with Crippen molar-refractivity contribution < 1.29 is 31.6 Å². The second-order valence-corrected chi connectivity index (χ2v) is 8.63. The SMILES string of the molecule is CC(C)Oc1ccc(S(C)=O)cc1C(=O)N1CC(Oc2ccc(C(F)(F)F)cc2)C1. The first-order chi connectivity index (χ1) is 14.0. The summed E-state index contributed by atoms with van der Waals surface area (Å²) in [5, 5.41) is 0. The fourth-order valence-corrected chi connectivity index (χ4v) is 3.52. The molecule has 1 atom stereocenters. The van der Waals surface area contributed by atoms with E-state index in [0.717, 1.165) is 12.1 Å². The molecule has 1 amide bonds. The van der Waals surface area contributed by atoms with Crippen molar-refractivity contribution in [3.8, 4) is 11.5 Å². The molecule has 0 saturated carbocycles. The van der Waals surface area contributed by atoms with Crippen LogP contribution in [0.5, 0.6) is 11.5 Å². The molecule has 1 fully saturated rings. The molecule has 5 nitrogen and oxygen atoms in total. The molecule has 9 heteroatoms. The fourth-order valence-electron chi connectivity index (χ4n) is 2.98. The molecule has 30 heavy (non-hydrogen) atoms. The Labute approximate surface area is 175 Å². The summed E-state index contributed by atoms with van der Waals surface area (Å²) in [5.41, 5.74) is -0.421. The number of carbonyl (C=O) groups is 1. The monoisotopic (exact) mass is 441 g/mol. The topological polar surface area (TPSA) is 55.8 Å². The van der Waals surface area contributed by atoms with Crippen molar-refractivity contribution in [2.45, 2.75) is 37.1 Å². The third kappa shape index (κ3) is 5.13. The van der Waals surface area contributed by atoms with Gasteiger partial charge in [-0.1, -0.05) is 0 Å². The van der Waals surface area contributed by atoms with Crippen molar-refractivity contribution in [3.63, 3.8) is 0 Å². The molecular formula is C21H22F3NO4S. The third-order valence-corrected chi connectivity index (χ3v) is 5.41. The summed E-state index contributed by atoms with van der Waals surface area (Å²) in [4.78, 5) is 15.0. The van der Waals surface area contributed by atoms with Gasteiger partial charge in [-0.25, -0.2) is 0 Å². The van der Waals surface area contributed by atoms with E-state index in [2.05, 4.69) is 0 Å². The summed E-state index contributed by atoms with van der Waals surface area (Å²) in [7, 11) is -1.25. The Morgan fingerprint density at radius 1 is 1.13 bits per heavy atom. The molecule has 3 rings (SSSR count). The number of ether oxygens (including phenoxy) is 2. The largest absolute Gasteiger partial charge is 0.490 e. The van der Waals surface area contributed by atoms with Gasteiger partial charge in [0.05, 0.1) is 30.3 Å². The Kier molecular flexibility index (Phi) is 6.40. The minimum Gasteiger partial charge on any atom is -0.490 e. The summed E-state index contributed by atoms with van der Waals surface area (Å²) in [6, 6.07) is 9.33. The van der Waals surface area contributed by atoms with E-state index in [1.165, 1.54) is 18.4 Å². The van der Waals surface area contributed by atoms with Crippen molar-refractivity contribution in [1.29, 1.82) is 0 Å². The van der Waals surface area contributed by atoms with Crippen molar-refractivity contribution in [3.05, 3.63) is 53.6 Å². The molecule has 1 unspecified atom stereocenters. The average molecular weight is 441 g/mol. The van der Waals surface area contributed by atoms with Crippen LogP contribution in [0.25, 0.3) is 0 Å². The van der Waals surface area contributed by atoms with Crippen molar-refractivity contribution in [2.75, 3.05) is 19.3 Å². The Morgan fingerprint density at radius 3 is 2.30 bits per heavy atom. The number of nitrogens with zero attached hydrogens (tertiary/aromatic N) is 1. The fraction of sp³-hybridized carbons (Fsp3) is 0.381. The van der Waals surface area contributed by atoms with Gasteiger partial charge in [-0.05, 0) is 56.3 Å². The number of hydrogen-bond donors (Lipinski definition) is 0. The number of benzene rings is 2. The van der Waals surface area contributed by atoms with Crippen molar-refractivity contribution >= 4 is 16.7 Å². The van der Waals surface area contributed by atoms with Gasteiger partial charge in [0.15, 0.2) is 0 Å². The van der Waals surface area contributed by atoms with E-state index in [1.807, 2.05) is 13.8 Å². The summed E-state index contributed by atoms with van der Waals surface area (Å²) in [6.07, 6.45) is -3.32. The van der Waals surface area contributed by atoms with E-state index < -0.39 is 22.5 Å². The number of rotatable bonds is 6. The summed E-state index contributed by atoms with van der Waals surface area (Å²) >= 11 is 0. The first-order valence-electron chi connectivity index (χ1n) is 9.32. The minimum absolute atomic E-state index is 0.137. The van der Waals surface area contributed by atoms with E-state index in [1.54, 1.807) is 23.1 Å². The van der Waals surface area contributed by atoms with Crippen LogP contribution in [0.2, 0.25) is 0 Å². The van der Waals surface area contributed by atoms with Crippen LogP contribution >= 0.6 is 0 Å². The lowest BCUT2D eigenvalue weighted by atomic mass is 10.1. The van der Waals surface area contributed by atoms with Crippen LogP contribution in [0.3, 0.4) is 0 Å². The number of amides is 1. The predicted molar refractivity (Wildman–Crippen MR) is 106 cm³/mol. The molecule has 2 aromatic carbocycles. The van der Waals surface area contributed by atoms with Crippen LogP contribution in [0.15, 0.2) is 47.4 Å². The molecule has 0 bridgehead atoms. The van der Waals surface area contributed by atoms with Gasteiger partial charge in [0.1, 0.15) is 17.6 Å². The van der Waals surface area contributed by atoms with Gasteiger partial charge in [0, 0.05) is 22.0 Å². The first kappa shape index (κ1) is 22.1. The number of alkyl halides is 3. The van der Waals surface area contributed by atoms with Crippen LogP contribution in [0.1, 0.15) is 29.8 Å². The molecule has 0 N–H and O–H groups in total. The van der Waals surface area contributed by atoms with Gasteiger partial charge < -0.3 is 14.4 Å². The molecule has 2 aromatic rings. The molecule has 1 saturated heterocycles. The summed E-state index contributed by atoms with van der Waals surface area (Å²) in [5.74, 6) is 0.453. The van der Waals surface area contributed by atoms with Gasteiger partial charge in [-0.3, -0.25) is 9.00 Å². The van der Waals surface area contributed by atoms with Crippen LogP contribution in [0.4, 0.5) is 13.2 Å². The van der Waals surface area contributed by atoms with E-state index in [-0.39, 0.29) is 18.1 Å². The maximum absolute atomic E-state index is 12.9. The van der Waals surface area contributed by atoms with Gasteiger partial charge in [-0.15, -0.1) is 0 Å². The maximum Gasteiger partial charge on any atom is 0.416 e. The van der Waals surface area contributed by atoms with Crippen LogP contribution in [-0.4, -0.2) is 46.6 Å². The van der Waals surface area contributed by atoms with Crippen molar-refractivity contribution in [2.24, 2.45) is 0 Å². The third-order valence-electron chi connectivity index (χ3n) is 4.50. The Bertz CT molecular complexity index is 938. The number of carbonyl (C=O) groups excluding carboxylic acids is 1. The predicted octanol–water partition coefficient (Wildman–Crippen LogP) is 4.13. The second kappa shape index (κ2) is 8.67. The highest BCUT2D eigenvalue weighted by Gasteiger charge is 2.35. The molecule has 1 heterocycles. The second-order valence-electron chi connectivity index (χ2n) is 7.25. The Hall–Kier alpha value is -2.55. The Morgan fingerprint density at radius 2 is 1.77 bits per heavy atom. The summed E-state index contributed by atoms with van der Waals surface area (Å²) < 4.78 is 61.1. The van der Waals surface area contributed by atoms with Gasteiger partial charge in [-0.2, -0.15) is 13.2 Å². The van der Waals surface area contributed by atoms with E-state index in [4.69, 9.17) is 9.47 Å². The lowest BCUT2D eigenvalue weighted by Gasteiger charge is -2.39. The average Bonchev–Trinajstić information content (AvgIpc) is 2.63. The van der Waals surface area contributed by atoms with E-state index >= 15 is 0 Å². The number of hydrogen-bond acceptors (Lipinski definition) is 4. The zero-order chi connectivity index (χ0) is 22.1. The molecule has 0 aliphatic carbocycles. The molecule has 0 aromatic heterocycles. The highest BCUT2D eigenvalue weighted by Crippen LogP contribution is 2.31. The smallest absolute Gasteiger partial charge is 0.416 e. The highest BCUT2D eigenvalue weighted by atomic mass is 32.2. The number of likely N-dealkylation sites (tertiary alicyclic amines) is 1. The lowest BCUT2D eigenvalue weighted by Crippen LogP contribution is -2.56. The van der Waals surface area contributed by atoms with Crippen molar-refractivity contribution in [1.82, 2.24) is 4.90 Å². The molecule has 1 aliphatic rings. The molecule has 0 radical (unpaired) electrons. The van der Waals surface area contributed by atoms with Gasteiger partial charge in [0.2, 0.25) is 0 Å². The maximum atomic E-state index is 12.9. The standard InChI is InChI=1S/C21H22F3NO4S/c1-13(2)28-19-9-8-17(30(3)27)10-18(19)20(26)25-11-16(12-25)29-15-6-4-14(5-7-15)21(22,23)24/h4-10,13,16H,11-12H2,1-3H3. The van der Waals surface area contributed by atoms with Crippen LogP contribution in [-0.2, 0) is 17.0 Å². The zero-order valence-electron chi connectivity index (χ0n) is 16.7. The lowest BCUT2D eigenvalue weighted by molar-refractivity contribution is -0.137. The van der Waals surface area contributed by atoms with E-state index in [9.17, 15) is 22.2 Å².